The molecule has 0 aliphatic carbocycles. The number of nitrogens with zero attached hydrogens (tertiary/aromatic N) is 2. The van der Waals surface area contributed by atoms with Gasteiger partial charge < -0.3 is 10.1 Å². The summed E-state index contributed by atoms with van der Waals surface area (Å²) in [5.74, 6) is 0.309. The predicted octanol–water partition coefficient (Wildman–Crippen LogP) is 3.37. The molecule has 0 saturated heterocycles. The quantitative estimate of drug-likeness (QED) is 0.822. The summed E-state index contributed by atoms with van der Waals surface area (Å²) >= 11 is 1.38. The van der Waals surface area contributed by atoms with Gasteiger partial charge in [0.1, 0.15) is 11.9 Å². The molecule has 1 spiro atoms. The lowest BCUT2D eigenvalue weighted by atomic mass is 9.91. The Morgan fingerprint density at radius 2 is 1.85 bits per heavy atom. The van der Waals surface area contributed by atoms with E-state index in [-0.39, 0.29) is 17.9 Å². The Balaban J connectivity index is 1.82. The van der Waals surface area contributed by atoms with E-state index in [1.165, 1.54) is 30.6 Å². The smallest absolute Gasteiger partial charge is 0.241 e. The Morgan fingerprint density at radius 1 is 1.15 bits per heavy atom. The Labute approximate surface area is 161 Å². The maximum absolute atomic E-state index is 12.5. The van der Waals surface area contributed by atoms with Crippen LogP contribution in [-0.2, 0) is 14.5 Å². The van der Waals surface area contributed by atoms with Crippen LogP contribution in [0, 0.1) is 0 Å². The van der Waals surface area contributed by atoms with Crippen molar-refractivity contribution in [2.75, 3.05) is 0 Å². The number of carbonyl (C=O) groups excluding carboxylic acids is 2. The maximum Gasteiger partial charge on any atom is 0.241 e. The Bertz CT molecular complexity index is 931. The number of carbonyl (C=O) groups is 2. The van der Waals surface area contributed by atoms with E-state index in [0.29, 0.717) is 11.6 Å². The van der Waals surface area contributed by atoms with E-state index in [9.17, 15) is 9.59 Å². The third-order valence-electron chi connectivity index (χ3n) is 4.59. The zero-order valence-corrected chi connectivity index (χ0v) is 15.8. The number of benzene rings is 2. The number of fused-ring (bicyclic) bond motifs is 2. The first kappa shape index (κ1) is 17.6. The highest BCUT2D eigenvalue weighted by Gasteiger charge is 2.53. The third kappa shape index (κ3) is 3.08. The fraction of sp³-hybridized carbons (Fsp3) is 0.250. The van der Waals surface area contributed by atoms with Gasteiger partial charge in [0.05, 0.1) is 0 Å². The van der Waals surface area contributed by atoms with Crippen LogP contribution in [0.3, 0.4) is 0 Å². The van der Waals surface area contributed by atoms with E-state index < -0.39 is 4.87 Å². The van der Waals surface area contributed by atoms with Gasteiger partial charge in [0.25, 0.3) is 0 Å². The first-order valence-corrected chi connectivity index (χ1v) is 9.48. The van der Waals surface area contributed by atoms with Crippen LogP contribution in [0.15, 0.2) is 59.7 Å². The molecule has 2 aliphatic rings. The summed E-state index contributed by atoms with van der Waals surface area (Å²) in [6, 6.07) is 17.6. The van der Waals surface area contributed by atoms with E-state index >= 15 is 0 Å². The number of ether oxygens (including phenoxy) is 1. The van der Waals surface area contributed by atoms with Crippen LogP contribution in [-0.4, -0.2) is 22.0 Å². The SMILES string of the molecule is CC(=O)NC1=NN(C(C)=O)[C@@]2(C[C@H](c3ccccc3)Oc3ccccc32)S1. The van der Waals surface area contributed by atoms with Gasteiger partial charge >= 0.3 is 0 Å². The van der Waals surface area contributed by atoms with Crippen LogP contribution in [0.4, 0.5) is 0 Å². The molecule has 0 radical (unpaired) electrons. The van der Waals surface area contributed by atoms with Gasteiger partial charge in [-0.05, 0) is 11.6 Å². The lowest BCUT2D eigenvalue weighted by molar-refractivity contribution is -0.133. The first-order chi connectivity index (χ1) is 13.0. The molecule has 7 heteroatoms. The summed E-state index contributed by atoms with van der Waals surface area (Å²) in [4.78, 5) is 23.2. The normalized spacial score (nSPS) is 23.4. The first-order valence-electron chi connectivity index (χ1n) is 8.67. The molecule has 0 bridgehead atoms. The van der Waals surface area contributed by atoms with Crippen LogP contribution >= 0.6 is 11.8 Å². The number of hydrazone groups is 1. The largest absolute Gasteiger partial charge is 0.485 e. The van der Waals surface area contributed by atoms with Gasteiger partial charge in [-0.1, -0.05) is 60.3 Å². The monoisotopic (exact) mass is 381 g/mol. The molecule has 2 aromatic carbocycles. The number of hydrogen-bond donors (Lipinski definition) is 1. The molecule has 138 valence electrons. The lowest BCUT2D eigenvalue weighted by Crippen LogP contribution is -2.44. The average Bonchev–Trinajstić information content (AvgIpc) is 3.00. The van der Waals surface area contributed by atoms with Gasteiger partial charge in [0, 0.05) is 25.8 Å². The summed E-state index contributed by atoms with van der Waals surface area (Å²) in [7, 11) is 0. The fourth-order valence-electron chi connectivity index (χ4n) is 3.52. The van der Waals surface area contributed by atoms with E-state index in [2.05, 4.69) is 10.4 Å². The molecule has 0 unspecified atom stereocenters. The molecule has 2 atom stereocenters. The molecule has 2 amide bonds. The van der Waals surface area contributed by atoms with Gasteiger partial charge in [-0.15, -0.1) is 5.10 Å². The number of amides is 2. The van der Waals surface area contributed by atoms with Crippen molar-refractivity contribution < 1.29 is 14.3 Å². The molecule has 0 saturated carbocycles. The molecule has 1 N–H and O–H groups in total. The van der Waals surface area contributed by atoms with E-state index in [1.54, 1.807) is 0 Å². The molecule has 0 aromatic heterocycles. The molecule has 2 aliphatic heterocycles. The zero-order valence-electron chi connectivity index (χ0n) is 15.0. The van der Waals surface area contributed by atoms with Crippen LogP contribution in [0.2, 0.25) is 0 Å². The van der Waals surface area contributed by atoms with Crippen LogP contribution in [0.5, 0.6) is 5.75 Å². The lowest BCUT2D eigenvalue weighted by Gasteiger charge is -2.42. The second-order valence-corrected chi connectivity index (χ2v) is 7.79. The molecule has 6 nitrogen and oxygen atoms in total. The van der Waals surface area contributed by atoms with Gasteiger partial charge in [-0.3, -0.25) is 9.59 Å². The van der Waals surface area contributed by atoms with Crippen molar-refractivity contribution in [2.24, 2.45) is 5.10 Å². The van der Waals surface area contributed by atoms with Crippen LogP contribution < -0.4 is 10.1 Å². The second kappa shape index (κ2) is 6.74. The highest BCUT2D eigenvalue weighted by atomic mass is 32.2. The van der Waals surface area contributed by atoms with Crippen molar-refractivity contribution >= 4 is 28.7 Å². The van der Waals surface area contributed by atoms with Crippen molar-refractivity contribution in [3.63, 3.8) is 0 Å². The van der Waals surface area contributed by atoms with Crippen molar-refractivity contribution in [3.05, 3.63) is 65.7 Å². The zero-order chi connectivity index (χ0) is 19.0. The maximum atomic E-state index is 12.5. The van der Waals surface area contributed by atoms with Crippen LogP contribution in [0.1, 0.15) is 37.5 Å². The predicted molar refractivity (Wildman–Crippen MR) is 104 cm³/mol. The molecule has 4 rings (SSSR count). The summed E-state index contributed by atoms with van der Waals surface area (Å²) in [5, 5.41) is 9.02. The summed E-state index contributed by atoms with van der Waals surface area (Å²) < 4.78 is 6.26. The number of thioether (sulfide) groups is 1. The highest BCUT2D eigenvalue weighted by molar-refractivity contribution is 8.14. The Hall–Kier alpha value is -2.80. The van der Waals surface area contributed by atoms with Crippen molar-refractivity contribution in [3.8, 4) is 5.75 Å². The van der Waals surface area contributed by atoms with Gasteiger partial charge in [0.15, 0.2) is 10.0 Å². The minimum absolute atomic E-state index is 0.189. The van der Waals surface area contributed by atoms with Gasteiger partial charge in [-0.25, -0.2) is 5.01 Å². The van der Waals surface area contributed by atoms with Crippen molar-refractivity contribution in [2.45, 2.75) is 31.2 Å². The topological polar surface area (TPSA) is 71.0 Å². The minimum Gasteiger partial charge on any atom is -0.485 e. The average molecular weight is 381 g/mol. The molecular formula is C20H19N3O3S. The molecule has 0 fully saturated rings. The second-order valence-electron chi connectivity index (χ2n) is 6.52. The van der Waals surface area contributed by atoms with Crippen molar-refractivity contribution in [1.82, 2.24) is 10.3 Å². The minimum atomic E-state index is -0.765. The summed E-state index contributed by atoms with van der Waals surface area (Å²) in [5.41, 5.74) is 1.91. The Morgan fingerprint density at radius 3 is 2.56 bits per heavy atom. The molecule has 2 aromatic rings. The fourth-order valence-corrected chi connectivity index (χ4v) is 4.93. The third-order valence-corrected chi connectivity index (χ3v) is 5.86. The summed E-state index contributed by atoms with van der Waals surface area (Å²) in [6.45, 7) is 2.91. The number of amidine groups is 1. The van der Waals surface area contributed by atoms with E-state index in [1.807, 2.05) is 54.6 Å². The van der Waals surface area contributed by atoms with E-state index in [4.69, 9.17) is 4.74 Å². The molecule has 2 heterocycles. The molecule has 27 heavy (non-hydrogen) atoms. The molecular weight excluding hydrogens is 362 g/mol. The number of nitrogens with one attached hydrogen (secondary N) is 1. The van der Waals surface area contributed by atoms with E-state index in [0.717, 1.165) is 16.9 Å². The number of rotatable bonds is 1. The van der Waals surface area contributed by atoms with Gasteiger partial charge in [-0.2, -0.15) is 0 Å². The van der Waals surface area contributed by atoms with Crippen molar-refractivity contribution in [1.29, 1.82) is 0 Å². The van der Waals surface area contributed by atoms with Gasteiger partial charge in [0.2, 0.25) is 11.8 Å². The van der Waals surface area contributed by atoms with Crippen LogP contribution in [0.25, 0.3) is 0 Å². The Kier molecular flexibility index (Phi) is 4.39. The number of para-hydroxylation sites is 1. The standard InChI is InChI=1S/C20H19N3O3S/c1-13(24)21-19-22-23(14(2)25)20(27-19)12-18(15-8-4-3-5-9-15)26-17-11-7-6-10-16(17)20/h3-11,18H,12H2,1-2H3,(H,21,22,24)/t18-,20+/m1/s1. The summed E-state index contributed by atoms with van der Waals surface area (Å²) in [6.07, 6.45) is 0.285. The highest BCUT2D eigenvalue weighted by Crippen LogP contribution is 2.56. The number of hydrogen-bond acceptors (Lipinski definition) is 5.